The van der Waals surface area contributed by atoms with Gasteiger partial charge in [-0.3, -0.25) is 14.7 Å². The van der Waals surface area contributed by atoms with E-state index in [0.717, 1.165) is 5.56 Å². The number of aromatic amines is 1. The third-order valence-corrected chi connectivity index (χ3v) is 4.36. The van der Waals surface area contributed by atoms with Crippen LogP contribution in [0.4, 0.5) is 11.5 Å². The van der Waals surface area contributed by atoms with Crippen molar-refractivity contribution in [2.75, 3.05) is 17.6 Å². The first kappa shape index (κ1) is 19.7. The summed E-state index contributed by atoms with van der Waals surface area (Å²) in [6.07, 6.45) is 2.56. The molecule has 0 aliphatic carbocycles. The van der Waals surface area contributed by atoms with E-state index in [2.05, 4.69) is 20.8 Å². The Hall–Kier alpha value is -4.06. The number of H-pyrrole nitrogens is 1. The molecule has 148 valence electrons. The second-order valence-corrected chi connectivity index (χ2v) is 6.39. The van der Waals surface area contributed by atoms with Crippen LogP contribution in [0.2, 0.25) is 0 Å². The SMILES string of the molecule is Cc1ccc(C(=O)NCCCc2[nH]nc(N)c2C#N)cc1NC(=O)c1ccco1. The Morgan fingerprint density at radius 2 is 2.14 bits per heavy atom. The molecule has 2 amide bonds. The first-order chi connectivity index (χ1) is 14.0. The molecule has 0 spiro atoms. The molecule has 9 nitrogen and oxygen atoms in total. The minimum atomic E-state index is -0.386. The van der Waals surface area contributed by atoms with E-state index in [1.807, 2.05) is 13.0 Å². The predicted octanol–water partition coefficient (Wildman–Crippen LogP) is 2.38. The lowest BCUT2D eigenvalue weighted by molar-refractivity contribution is 0.0951. The highest BCUT2D eigenvalue weighted by atomic mass is 16.3. The van der Waals surface area contributed by atoms with Gasteiger partial charge in [-0.2, -0.15) is 10.4 Å². The molecule has 29 heavy (non-hydrogen) atoms. The van der Waals surface area contributed by atoms with Crippen molar-refractivity contribution in [3.8, 4) is 6.07 Å². The number of benzene rings is 1. The van der Waals surface area contributed by atoms with Gasteiger partial charge in [0, 0.05) is 17.8 Å². The zero-order valence-corrected chi connectivity index (χ0v) is 15.8. The van der Waals surface area contributed by atoms with Crippen molar-refractivity contribution in [2.45, 2.75) is 19.8 Å². The van der Waals surface area contributed by atoms with Crippen LogP contribution in [0, 0.1) is 18.3 Å². The average Bonchev–Trinajstić information content (AvgIpc) is 3.36. The summed E-state index contributed by atoms with van der Waals surface area (Å²) in [5.74, 6) is -0.281. The first-order valence-electron chi connectivity index (χ1n) is 8.96. The normalized spacial score (nSPS) is 10.3. The summed E-state index contributed by atoms with van der Waals surface area (Å²) in [5.41, 5.74) is 8.37. The van der Waals surface area contributed by atoms with Gasteiger partial charge in [0.1, 0.15) is 11.6 Å². The molecule has 1 aromatic carbocycles. The van der Waals surface area contributed by atoms with Crippen LogP contribution in [0.1, 0.15) is 44.2 Å². The number of hydrogen-bond donors (Lipinski definition) is 4. The van der Waals surface area contributed by atoms with Crippen molar-refractivity contribution in [1.29, 1.82) is 5.26 Å². The van der Waals surface area contributed by atoms with Crippen molar-refractivity contribution in [1.82, 2.24) is 15.5 Å². The molecule has 0 saturated heterocycles. The molecule has 0 atom stereocenters. The Morgan fingerprint density at radius 3 is 2.86 bits per heavy atom. The standard InChI is InChI=1S/C20H20N6O3/c1-12-6-7-13(10-16(12)24-20(28)17-5-3-9-29-17)19(27)23-8-2-4-15-14(11-21)18(22)26-25-15/h3,5-7,9-10H,2,4,8H2,1H3,(H,23,27)(H,24,28)(H3,22,25,26). The summed E-state index contributed by atoms with van der Waals surface area (Å²) >= 11 is 0. The number of carbonyl (C=O) groups excluding carboxylic acids is 2. The van der Waals surface area contributed by atoms with E-state index >= 15 is 0 Å². The molecule has 2 aromatic heterocycles. The van der Waals surface area contributed by atoms with Gasteiger partial charge >= 0.3 is 0 Å². The van der Waals surface area contributed by atoms with E-state index in [1.165, 1.54) is 6.26 Å². The van der Waals surface area contributed by atoms with Gasteiger partial charge in [-0.05, 0) is 49.6 Å². The lowest BCUT2D eigenvalue weighted by atomic mass is 10.1. The fourth-order valence-electron chi connectivity index (χ4n) is 2.76. The van der Waals surface area contributed by atoms with E-state index in [0.29, 0.717) is 41.9 Å². The lowest BCUT2D eigenvalue weighted by Gasteiger charge is -2.10. The van der Waals surface area contributed by atoms with Crippen molar-refractivity contribution in [2.24, 2.45) is 0 Å². The largest absolute Gasteiger partial charge is 0.459 e. The van der Waals surface area contributed by atoms with Gasteiger partial charge in [-0.1, -0.05) is 6.07 Å². The number of amides is 2. The van der Waals surface area contributed by atoms with Gasteiger partial charge in [-0.25, -0.2) is 0 Å². The van der Waals surface area contributed by atoms with Gasteiger partial charge in [0.15, 0.2) is 11.6 Å². The third-order valence-electron chi connectivity index (χ3n) is 4.36. The molecule has 3 aromatic rings. The number of anilines is 2. The summed E-state index contributed by atoms with van der Waals surface area (Å²) in [4.78, 5) is 24.6. The quantitative estimate of drug-likeness (QED) is 0.453. The summed E-state index contributed by atoms with van der Waals surface area (Å²) < 4.78 is 5.08. The van der Waals surface area contributed by atoms with Crippen LogP contribution in [0.25, 0.3) is 0 Å². The maximum atomic E-state index is 12.4. The van der Waals surface area contributed by atoms with Crippen LogP contribution < -0.4 is 16.4 Å². The van der Waals surface area contributed by atoms with Gasteiger partial charge in [0.2, 0.25) is 0 Å². The number of nitrogens with zero attached hydrogens (tertiary/aromatic N) is 2. The molecule has 0 saturated carbocycles. The average molecular weight is 392 g/mol. The number of nitriles is 1. The van der Waals surface area contributed by atoms with E-state index < -0.39 is 0 Å². The number of aryl methyl sites for hydroxylation is 2. The number of nitrogen functional groups attached to an aromatic ring is 1. The molecule has 2 heterocycles. The molecule has 0 radical (unpaired) electrons. The van der Waals surface area contributed by atoms with Crippen LogP contribution in [0.3, 0.4) is 0 Å². The molecule has 5 N–H and O–H groups in total. The van der Waals surface area contributed by atoms with Gasteiger partial charge < -0.3 is 20.8 Å². The topological polar surface area (TPSA) is 150 Å². The van der Waals surface area contributed by atoms with Crippen molar-refractivity contribution in [3.63, 3.8) is 0 Å². The molecular formula is C20H20N6O3. The highest BCUT2D eigenvalue weighted by Crippen LogP contribution is 2.18. The Balaban J connectivity index is 1.56. The number of hydrogen-bond acceptors (Lipinski definition) is 6. The minimum Gasteiger partial charge on any atom is -0.459 e. The van der Waals surface area contributed by atoms with E-state index in [1.54, 1.807) is 30.3 Å². The molecule has 0 aliphatic rings. The molecule has 9 heteroatoms. The number of nitrogens with one attached hydrogen (secondary N) is 3. The zero-order chi connectivity index (χ0) is 20.8. The van der Waals surface area contributed by atoms with Gasteiger partial charge in [0.05, 0.1) is 12.0 Å². The summed E-state index contributed by atoms with van der Waals surface area (Å²) in [7, 11) is 0. The number of nitrogens with two attached hydrogens (primary N) is 1. The highest BCUT2D eigenvalue weighted by molar-refractivity contribution is 6.03. The minimum absolute atomic E-state index is 0.176. The number of furan rings is 1. The Kier molecular flexibility index (Phi) is 5.94. The molecular weight excluding hydrogens is 372 g/mol. The van der Waals surface area contributed by atoms with Crippen molar-refractivity contribution in [3.05, 3.63) is 64.7 Å². The van der Waals surface area contributed by atoms with Crippen LogP contribution >= 0.6 is 0 Å². The maximum absolute atomic E-state index is 12.4. The summed E-state index contributed by atoms with van der Waals surface area (Å²) in [5, 5.41) is 21.2. The number of aromatic nitrogens is 2. The second-order valence-electron chi connectivity index (χ2n) is 6.39. The molecule has 0 fully saturated rings. The van der Waals surface area contributed by atoms with Gasteiger partial charge in [-0.15, -0.1) is 0 Å². The van der Waals surface area contributed by atoms with Crippen LogP contribution in [-0.2, 0) is 6.42 Å². The fourth-order valence-corrected chi connectivity index (χ4v) is 2.76. The van der Waals surface area contributed by atoms with Gasteiger partial charge in [0.25, 0.3) is 11.8 Å². The van der Waals surface area contributed by atoms with Crippen molar-refractivity contribution < 1.29 is 14.0 Å². The number of carbonyl (C=O) groups is 2. The van der Waals surface area contributed by atoms with Crippen LogP contribution in [0.15, 0.2) is 41.0 Å². The van der Waals surface area contributed by atoms with E-state index in [9.17, 15) is 9.59 Å². The third kappa shape index (κ3) is 4.62. The molecule has 0 bridgehead atoms. The molecule has 0 unspecified atom stereocenters. The van der Waals surface area contributed by atoms with E-state index in [-0.39, 0.29) is 23.4 Å². The predicted molar refractivity (Wildman–Crippen MR) is 106 cm³/mol. The monoisotopic (exact) mass is 392 g/mol. The molecule has 3 rings (SSSR count). The Bertz CT molecular complexity index is 1060. The fraction of sp³-hybridized carbons (Fsp3) is 0.200. The first-order valence-corrected chi connectivity index (χ1v) is 8.96. The summed E-state index contributed by atoms with van der Waals surface area (Å²) in [6, 6.07) is 10.3. The highest BCUT2D eigenvalue weighted by Gasteiger charge is 2.13. The summed E-state index contributed by atoms with van der Waals surface area (Å²) in [6.45, 7) is 2.24. The second kappa shape index (κ2) is 8.75. The van der Waals surface area contributed by atoms with E-state index in [4.69, 9.17) is 15.4 Å². The smallest absolute Gasteiger partial charge is 0.291 e. The molecule has 0 aliphatic heterocycles. The van der Waals surface area contributed by atoms with Crippen LogP contribution in [0.5, 0.6) is 0 Å². The van der Waals surface area contributed by atoms with Crippen LogP contribution in [-0.4, -0.2) is 28.6 Å². The lowest BCUT2D eigenvalue weighted by Crippen LogP contribution is -2.25. The Morgan fingerprint density at radius 1 is 1.31 bits per heavy atom. The Labute approximate surface area is 166 Å². The maximum Gasteiger partial charge on any atom is 0.291 e. The zero-order valence-electron chi connectivity index (χ0n) is 15.8. The van der Waals surface area contributed by atoms with Crippen molar-refractivity contribution >= 4 is 23.3 Å². The number of rotatable bonds is 7.